The fraction of sp³-hybridized carbons (Fsp3) is 0.286. The average Bonchev–Trinajstić information content (AvgIpc) is 3.18. The third kappa shape index (κ3) is 5.61. The fourth-order valence-electron chi connectivity index (χ4n) is 4.11. The van der Waals surface area contributed by atoms with Crippen LogP contribution in [0.25, 0.3) is 6.08 Å². The number of hydrogen-bond acceptors (Lipinski definition) is 8. The monoisotopic (exact) mass is 536 g/mol. The van der Waals surface area contributed by atoms with E-state index in [1.807, 2.05) is 32.0 Å². The van der Waals surface area contributed by atoms with Crippen LogP contribution in [0.3, 0.4) is 0 Å². The van der Waals surface area contributed by atoms with Crippen LogP contribution in [0.2, 0.25) is 0 Å². The molecule has 0 bridgehead atoms. The van der Waals surface area contributed by atoms with Gasteiger partial charge in [0.25, 0.3) is 5.56 Å². The van der Waals surface area contributed by atoms with Gasteiger partial charge in [-0.25, -0.2) is 14.6 Å². The first-order valence-electron chi connectivity index (χ1n) is 12.0. The zero-order valence-corrected chi connectivity index (χ0v) is 22.3. The summed E-state index contributed by atoms with van der Waals surface area (Å²) in [5.74, 6) is -1.08. The number of allylic oxidation sites excluding steroid dienone is 1. The molecule has 3 aromatic rings. The van der Waals surface area contributed by atoms with Gasteiger partial charge in [0, 0.05) is 12.7 Å². The number of carboxylic acids is 1. The summed E-state index contributed by atoms with van der Waals surface area (Å²) in [6.07, 6.45) is 1.54. The van der Waals surface area contributed by atoms with Crippen LogP contribution in [-0.2, 0) is 14.3 Å². The third-order valence-electron chi connectivity index (χ3n) is 5.79. The Labute approximate surface area is 222 Å². The molecule has 1 atom stereocenters. The van der Waals surface area contributed by atoms with Crippen LogP contribution < -0.4 is 19.6 Å². The minimum absolute atomic E-state index is 0.0553. The number of carbonyl (C=O) groups excluding carboxylic acids is 1. The van der Waals surface area contributed by atoms with Gasteiger partial charge in [-0.15, -0.1) is 0 Å². The molecule has 9 nitrogen and oxygen atoms in total. The number of benzene rings is 2. The topological polar surface area (TPSA) is 116 Å². The van der Waals surface area contributed by atoms with E-state index in [0.29, 0.717) is 31.9 Å². The van der Waals surface area contributed by atoms with E-state index in [2.05, 4.69) is 4.99 Å². The number of rotatable bonds is 9. The van der Waals surface area contributed by atoms with E-state index in [0.717, 1.165) is 0 Å². The van der Waals surface area contributed by atoms with Gasteiger partial charge in [-0.1, -0.05) is 41.7 Å². The number of carbonyl (C=O) groups is 2. The number of hydrogen-bond donors (Lipinski definition) is 1. The highest BCUT2D eigenvalue weighted by atomic mass is 32.1. The van der Waals surface area contributed by atoms with Crippen molar-refractivity contribution in [2.75, 3.05) is 20.3 Å². The number of esters is 1. The summed E-state index contributed by atoms with van der Waals surface area (Å²) in [6, 6.07) is 12.7. The van der Waals surface area contributed by atoms with Gasteiger partial charge in [-0.05, 0) is 50.6 Å². The van der Waals surface area contributed by atoms with Crippen molar-refractivity contribution in [3.05, 3.63) is 96.2 Å². The quantitative estimate of drug-likeness (QED) is 0.330. The highest BCUT2D eigenvalue weighted by Crippen LogP contribution is 2.36. The minimum atomic E-state index is -1.03. The normalized spacial score (nSPS) is 15.3. The molecule has 1 aliphatic rings. The van der Waals surface area contributed by atoms with E-state index in [1.165, 1.54) is 35.1 Å². The molecule has 2 aromatic carbocycles. The third-order valence-corrected chi connectivity index (χ3v) is 6.78. The second-order valence-corrected chi connectivity index (χ2v) is 9.85. The van der Waals surface area contributed by atoms with Crippen molar-refractivity contribution in [1.29, 1.82) is 0 Å². The van der Waals surface area contributed by atoms with Crippen molar-refractivity contribution < 1.29 is 28.9 Å². The first-order valence-corrected chi connectivity index (χ1v) is 12.8. The molecule has 0 aliphatic carbocycles. The molecule has 198 valence electrons. The van der Waals surface area contributed by atoms with Crippen molar-refractivity contribution in [1.82, 2.24) is 4.57 Å². The lowest BCUT2D eigenvalue weighted by Gasteiger charge is -2.27. The summed E-state index contributed by atoms with van der Waals surface area (Å²) in [7, 11) is 1.51. The van der Waals surface area contributed by atoms with Crippen molar-refractivity contribution in [2.45, 2.75) is 32.9 Å². The average molecular weight is 537 g/mol. The zero-order valence-electron chi connectivity index (χ0n) is 21.5. The Kier molecular flexibility index (Phi) is 8.23. The van der Waals surface area contributed by atoms with Gasteiger partial charge in [-0.2, -0.15) is 0 Å². The Bertz CT molecular complexity index is 1570. The van der Waals surface area contributed by atoms with Gasteiger partial charge in [0.1, 0.15) is 18.4 Å². The van der Waals surface area contributed by atoms with Crippen molar-refractivity contribution >= 4 is 29.4 Å². The number of nitrogens with zero attached hydrogens (tertiary/aromatic N) is 2. The summed E-state index contributed by atoms with van der Waals surface area (Å²) in [5.41, 5.74) is 1.79. The molecule has 10 heteroatoms. The Balaban J connectivity index is 1.90. The number of aromatic nitrogens is 1. The lowest BCUT2D eigenvalue weighted by molar-refractivity contribution is -0.140. The molecule has 0 unspecified atom stereocenters. The second kappa shape index (κ2) is 11.6. The molecule has 0 saturated carbocycles. The molecule has 1 N–H and O–H groups in total. The highest BCUT2D eigenvalue weighted by molar-refractivity contribution is 7.07. The van der Waals surface area contributed by atoms with Gasteiger partial charge in [0.2, 0.25) is 0 Å². The highest BCUT2D eigenvalue weighted by Gasteiger charge is 2.35. The number of methoxy groups -OCH3 is 1. The van der Waals surface area contributed by atoms with Gasteiger partial charge < -0.3 is 19.3 Å². The first-order chi connectivity index (χ1) is 18.2. The largest absolute Gasteiger partial charge is 0.491 e. The fourth-order valence-corrected chi connectivity index (χ4v) is 5.16. The summed E-state index contributed by atoms with van der Waals surface area (Å²) in [4.78, 5) is 43.3. The molecule has 1 aromatic heterocycles. The second-order valence-electron chi connectivity index (χ2n) is 8.84. The number of para-hydroxylation sites is 1. The predicted octanol–water partition coefficient (Wildman–Crippen LogP) is 2.91. The maximum Gasteiger partial charge on any atom is 0.338 e. The Morgan fingerprint density at radius 1 is 1.13 bits per heavy atom. The van der Waals surface area contributed by atoms with E-state index < -0.39 is 18.0 Å². The number of fused-ring (bicyclic) bond motifs is 1. The summed E-state index contributed by atoms with van der Waals surface area (Å²) in [5, 5.41) is 9.16. The van der Waals surface area contributed by atoms with Gasteiger partial charge >= 0.3 is 11.9 Å². The number of ether oxygens (including phenoxy) is 3. The van der Waals surface area contributed by atoms with Crippen LogP contribution in [0.15, 0.2) is 69.6 Å². The minimum Gasteiger partial charge on any atom is -0.491 e. The SMILES string of the molecule is COCCOC(=O)C1=C(C)N=c2s/c(=C/c3ccc(C(=O)O)cc3)c(=O)n2[C@@H]1c1ccccc1OC(C)C. The molecular weight excluding hydrogens is 508 g/mol. The molecule has 0 spiro atoms. The van der Waals surface area contributed by atoms with Gasteiger partial charge in [-0.3, -0.25) is 9.36 Å². The van der Waals surface area contributed by atoms with Crippen LogP contribution in [0.1, 0.15) is 48.3 Å². The van der Waals surface area contributed by atoms with Crippen LogP contribution in [-0.4, -0.2) is 48.0 Å². The Morgan fingerprint density at radius 2 is 1.84 bits per heavy atom. The van der Waals surface area contributed by atoms with E-state index in [9.17, 15) is 14.4 Å². The van der Waals surface area contributed by atoms with Gasteiger partial charge in [0.05, 0.1) is 34.1 Å². The first kappa shape index (κ1) is 27.0. The zero-order chi connectivity index (χ0) is 27.4. The van der Waals surface area contributed by atoms with Crippen molar-refractivity contribution in [3.63, 3.8) is 0 Å². The lowest BCUT2D eigenvalue weighted by atomic mass is 9.95. The number of aromatic carboxylic acids is 1. The predicted molar refractivity (Wildman–Crippen MR) is 142 cm³/mol. The maximum absolute atomic E-state index is 13.8. The van der Waals surface area contributed by atoms with Crippen molar-refractivity contribution in [3.8, 4) is 5.75 Å². The van der Waals surface area contributed by atoms with Crippen LogP contribution in [0.4, 0.5) is 0 Å². The molecular formula is C28H28N2O7S. The lowest BCUT2D eigenvalue weighted by Crippen LogP contribution is -2.40. The molecule has 38 heavy (non-hydrogen) atoms. The Hall–Kier alpha value is -4.02. The number of carboxylic acid groups (broad SMARTS) is 1. The number of thiazole rings is 1. The van der Waals surface area contributed by atoms with Gasteiger partial charge in [0.15, 0.2) is 4.80 Å². The van der Waals surface area contributed by atoms with Crippen LogP contribution in [0.5, 0.6) is 5.75 Å². The van der Waals surface area contributed by atoms with E-state index in [4.69, 9.17) is 19.3 Å². The maximum atomic E-state index is 13.8. The van der Waals surface area contributed by atoms with Crippen LogP contribution >= 0.6 is 11.3 Å². The van der Waals surface area contributed by atoms with Crippen molar-refractivity contribution in [2.24, 2.45) is 4.99 Å². The summed E-state index contributed by atoms with van der Waals surface area (Å²) >= 11 is 1.19. The molecule has 0 fully saturated rings. The van der Waals surface area contributed by atoms with E-state index >= 15 is 0 Å². The van der Waals surface area contributed by atoms with E-state index in [-0.39, 0.29) is 36.0 Å². The summed E-state index contributed by atoms with van der Waals surface area (Å²) < 4.78 is 18.4. The molecule has 2 heterocycles. The smallest absolute Gasteiger partial charge is 0.338 e. The molecule has 0 radical (unpaired) electrons. The van der Waals surface area contributed by atoms with Crippen LogP contribution in [0, 0.1) is 0 Å². The molecule has 0 amide bonds. The summed E-state index contributed by atoms with van der Waals surface area (Å²) in [6.45, 7) is 5.81. The molecule has 0 saturated heterocycles. The standard InChI is InChI=1S/C28H28N2O7S/c1-16(2)37-21-8-6-5-7-20(21)24-23(27(34)36-14-13-35-4)17(3)29-28-30(24)25(31)22(38-28)15-18-9-11-19(12-10-18)26(32)33/h5-12,15-16,24H,13-14H2,1-4H3,(H,32,33)/b22-15+/t24-/m1/s1. The molecule has 4 rings (SSSR count). The Morgan fingerprint density at radius 3 is 2.50 bits per heavy atom. The van der Waals surface area contributed by atoms with E-state index in [1.54, 1.807) is 31.2 Å². The molecule has 1 aliphatic heterocycles.